The van der Waals surface area contributed by atoms with Crippen LogP contribution in [0.2, 0.25) is 0 Å². The summed E-state index contributed by atoms with van der Waals surface area (Å²) in [7, 11) is 0. The van der Waals surface area contributed by atoms with Crippen LogP contribution in [0.25, 0.3) is 0 Å². The van der Waals surface area contributed by atoms with Gasteiger partial charge in [-0.3, -0.25) is 29.4 Å². The first-order chi connectivity index (χ1) is 14.4. The molecule has 30 heavy (non-hydrogen) atoms. The summed E-state index contributed by atoms with van der Waals surface area (Å²) in [6.07, 6.45) is 2.96. The molecule has 0 aromatic heterocycles. The molecule has 7 nitrogen and oxygen atoms in total. The predicted molar refractivity (Wildman–Crippen MR) is 99.2 cm³/mol. The van der Waals surface area contributed by atoms with Gasteiger partial charge < -0.3 is 5.32 Å². The quantitative estimate of drug-likeness (QED) is 0.431. The molecular formula is C21H21F2N3O4. The Morgan fingerprint density at radius 1 is 1.17 bits per heavy atom. The molecule has 9 heteroatoms. The number of fused-ring (bicyclic) bond motifs is 3. The molecule has 1 aromatic rings. The van der Waals surface area contributed by atoms with Crippen molar-refractivity contribution in [3.63, 3.8) is 0 Å². The van der Waals surface area contributed by atoms with Crippen LogP contribution < -0.4 is 10.6 Å². The van der Waals surface area contributed by atoms with Crippen molar-refractivity contribution < 1.29 is 28.0 Å². The van der Waals surface area contributed by atoms with Crippen LogP contribution in [0.5, 0.6) is 0 Å². The van der Waals surface area contributed by atoms with E-state index in [0.29, 0.717) is 23.2 Å². The van der Waals surface area contributed by atoms with Gasteiger partial charge in [-0.1, -0.05) is 0 Å². The normalized spacial score (nSPS) is 32.9. The number of rotatable bonds is 4. The van der Waals surface area contributed by atoms with E-state index in [-0.39, 0.29) is 37.2 Å². The monoisotopic (exact) mass is 417 g/mol. The van der Waals surface area contributed by atoms with Gasteiger partial charge in [0.25, 0.3) is 0 Å². The summed E-state index contributed by atoms with van der Waals surface area (Å²) in [6, 6.07) is -0.344. The number of Topliss-reactive ketones (excluding diaryl/α,β-unsaturated/α-hetero) is 1. The smallest absolute Gasteiger partial charge is 0.243 e. The number of aldehydes is 1. The minimum Gasteiger partial charge on any atom is -0.311 e. The Bertz CT molecular complexity index is 965. The molecule has 2 amide bonds. The number of ketones is 1. The second kappa shape index (κ2) is 7.02. The minimum atomic E-state index is -1.37. The Kier molecular flexibility index (Phi) is 4.55. The maximum absolute atomic E-state index is 14.9. The van der Waals surface area contributed by atoms with E-state index in [1.807, 2.05) is 0 Å². The van der Waals surface area contributed by atoms with Gasteiger partial charge in [0.15, 0.2) is 17.9 Å². The number of hydrogen-bond donors (Lipinski definition) is 2. The third-order valence-corrected chi connectivity index (χ3v) is 6.96. The summed E-state index contributed by atoms with van der Waals surface area (Å²) in [5.74, 6) is -4.12. The van der Waals surface area contributed by atoms with E-state index in [2.05, 4.69) is 10.6 Å². The lowest BCUT2D eigenvalue weighted by atomic mass is 9.72. The number of hydrogen-bond acceptors (Lipinski definition) is 6. The van der Waals surface area contributed by atoms with Gasteiger partial charge in [0.1, 0.15) is 6.04 Å². The fourth-order valence-electron chi connectivity index (χ4n) is 5.65. The van der Waals surface area contributed by atoms with E-state index < -0.39 is 41.3 Å². The number of halogens is 2. The lowest BCUT2D eigenvalue weighted by molar-refractivity contribution is -0.141. The van der Waals surface area contributed by atoms with E-state index in [0.717, 1.165) is 19.3 Å². The van der Waals surface area contributed by atoms with Crippen molar-refractivity contribution >= 4 is 23.9 Å². The first kappa shape index (κ1) is 19.4. The standard InChI is InChI=1S/C21H21F2N3O4/c22-14-6-12(9-3-10-5-11(4-9)24-10)13-7-26(15-1-2-17(29)25-21(15)30)20(16(28)8-27)18(13)19(14)23/h6,8-11,15,20,24H,1-5,7H2,(H,25,29,30). The number of benzene rings is 1. The van der Waals surface area contributed by atoms with E-state index in [9.17, 15) is 28.0 Å². The van der Waals surface area contributed by atoms with Crippen molar-refractivity contribution in [3.8, 4) is 0 Å². The molecule has 1 aliphatic carbocycles. The molecule has 5 aliphatic rings. The van der Waals surface area contributed by atoms with Gasteiger partial charge in [-0.25, -0.2) is 8.78 Å². The molecule has 4 fully saturated rings. The van der Waals surface area contributed by atoms with Crippen LogP contribution >= 0.6 is 0 Å². The number of piperidine rings is 2. The Hall–Kier alpha value is -2.52. The molecule has 4 unspecified atom stereocenters. The minimum absolute atomic E-state index is 0.0209. The molecule has 3 saturated heterocycles. The second-order valence-corrected chi connectivity index (χ2v) is 8.68. The Morgan fingerprint density at radius 2 is 1.87 bits per heavy atom. The molecule has 2 N–H and O–H groups in total. The number of carbonyl (C=O) groups excluding carboxylic acids is 4. The van der Waals surface area contributed by atoms with Gasteiger partial charge >= 0.3 is 0 Å². The Morgan fingerprint density at radius 3 is 2.50 bits per heavy atom. The average molecular weight is 417 g/mol. The number of carbonyl (C=O) groups is 4. The largest absolute Gasteiger partial charge is 0.311 e. The highest BCUT2D eigenvalue weighted by atomic mass is 19.2. The summed E-state index contributed by atoms with van der Waals surface area (Å²) >= 11 is 0. The number of imide groups is 1. The summed E-state index contributed by atoms with van der Waals surface area (Å²) in [6.45, 7) is 0.0532. The number of nitrogens with zero attached hydrogens (tertiary/aromatic N) is 1. The van der Waals surface area contributed by atoms with E-state index in [4.69, 9.17) is 0 Å². The molecule has 4 aliphatic heterocycles. The van der Waals surface area contributed by atoms with Gasteiger partial charge in [-0.05, 0) is 48.8 Å². The van der Waals surface area contributed by atoms with Crippen molar-refractivity contribution in [2.45, 2.75) is 68.7 Å². The highest BCUT2D eigenvalue weighted by Gasteiger charge is 2.48. The molecule has 0 radical (unpaired) electrons. The second-order valence-electron chi connectivity index (χ2n) is 8.68. The zero-order valence-electron chi connectivity index (χ0n) is 16.1. The van der Waals surface area contributed by atoms with Crippen LogP contribution in [0.3, 0.4) is 0 Å². The maximum Gasteiger partial charge on any atom is 0.243 e. The van der Waals surface area contributed by atoms with Crippen LogP contribution in [0.1, 0.15) is 60.8 Å². The van der Waals surface area contributed by atoms with E-state index >= 15 is 0 Å². The SMILES string of the molecule is O=CC(=O)C1c2c(F)c(F)cc(C3CC4CC(C3)N4)c2CN1C1CCC(=O)NC1=O. The van der Waals surface area contributed by atoms with Gasteiger partial charge in [0.2, 0.25) is 17.6 Å². The molecule has 0 spiro atoms. The zero-order chi connectivity index (χ0) is 21.2. The van der Waals surface area contributed by atoms with Gasteiger partial charge in [0, 0.05) is 30.6 Å². The van der Waals surface area contributed by atoms with Crippen molar-refractivity contribution in [1.82, 2.24) is 15.5 Å². The molecule has 6 rings (SSSR count). The molecule has 158 valence electrons. The van der Waals surface area contributed by atoms with E-state index in [1.165, 1.54) is 11.0 Å². The lowest BCUT2D eigenvalue weighted by Gasteiger charge is -2.47. The molecule has 1 aromatic carbocycles. The molecule has 4 heterocycles. The zero-order valence-corrected chi connectivity index (χ0v) is 16.1. The molecular weight excluding hydrogens is 396 g/mol. The fraction of sp³-hybridized carbons (Fsp3) is 0.524. The van der Waals surface area contributed by atoms with Gasteiger partial charge in [0.05, 0.1) is 6.04 Å². The molecule has 2 bridgehead atoms. The van der Waals surface area contributed by atoms with Crippen LogP contribution in [0.15, 0.2) is 6.07 Å². The average Bonchev–Trinajstić information content (AvgIpc) is 3.10. The number of amides is 2. The summed E-state index contributed by atoms with van der Waals surface area (Å²) in [4.78, 5) is 49.3. The van der Waals surface area contributed by atoms with Crippen molar-refractivity contribution in [2.75, 3.05) is 0 Å². The Labute approximate surface area is 171 Å². The summed E-state index contributed by atoms with van der Waals surface area (Å²) in [5.41, 5.74) is 1.00. The van der Waals surface area contributed by atoms with Gasteiger partial charge in [-0.2, -0.15) is 0 Å². The Balaban J connectivity index is 1.58. The first-order valence-electron chi connectivity index (χ1n) is 10.2. The third-order valence-electron chi connectivity index (χ3n) is 6.96. The molecule has 4 atom stereocenters. The highest BCUT2D eigenvalue weighted by molar-refractivity contribution is 6.27. The lowest BCUT2D eigenvalue weighted by Crippen LogP contribution is -2.57. The predicted octanol–water partition coefficient (Wildman–Crippen LogP) is 1.00. The topological polar surface area (TPSA) is 95.6 Å². The number of nitrogens with one attached hydrogen (secondary N) is 2. The molecule has 1 saturated carbocycles. The van der Waals surface area contributed by atoms with Crippen molar-refractivity contribution in [2.24, 2.45) is 0 Å². The highest BCUT2D eigenvalue weighted by Crippen LogP contribution is 2.47. The first-order valence-corrected chi connectivity index (χ1v) is 10.2. The van der Waals surface area contributed by atoms with Crippen LogP contribution in [-0.2, 0) is 25.7 Å². The maximum atomic E-state index is 14.9. The van der Waals surface area contributed by atoms with Crippen LogP contribution in [0, 0.1) is 11.6 Å². The third kappa shape index (κ3) is 2.91. The van der Waals surface area contributed by atoms with Crippen molar-refractivity contribution in [3.05, 3.63) is 34.4 Å². The summed E-state index contributed by atoms with van der Waals surface area (Å²) in [5, 5.41) is 5.65. The van der Waals surface area contributed by atoms with Crippen LogP contribution in [0.4, 0.5) is 8.78 Å². The van der Waals surface area contributed by atoms with Gasteiger partial charge in [-0.15, -0.1) is 0 Å². The summed E-state index contributed by atoms with van der Waals surface area (Å²) < 4.78 is 29.5. The van der Waals surface area contributed by atoms with Crippen LogP contribution in [-0.4, -0.2) is 46.9 Å². The van der Waals surface area contributed by atoms with E-state index in [1.54, 1.807) is 0 Å². The fourth-order valence-corrected chi connectivity index (χ4v) is 5.65. The van der Waals surface area contributed by atoms with Crippen molar-refractivity contribution in [1.29, 1.82) is 0 Å².